The summed E-state index contributed by atoms with van der Waals surface area (Å²) in [5.41, 5.74) is 0.432. The average molecular weight is 236 g/mol. The van der Waals surface area contributed by atoms with Gasteiger partial charge in [-0.05, 0) is 0 Å². The number of aliphatic carboxylic acids is 1. The topological polar surface area (TPSA) is 110 Å². The third-order valence-electron chi connectivity index (χ3n) is 1.37. The number of sulfonamides is 1. The summed E-state index contributed by atoms with van der Waals surface area (Å²) in [6.07, 6.45) is 0.134. The maximum absolute atomic E-state index is 10.8. The second-order valence-corrected chi connectivity index (χ2v) is 5.14. The van der Waals surface area contributed by atoms with Crippen molar-refractivity contribution in [2.75, 3.05) is 0 Å². The Hall–Kier alpha value is -0.990. The molecule has 0 spiro atoms. The summed E-state index contributed by atoms with van der Waals surface area (Å²) >= 11 is 0.891. The van der Waals surface area contributed by atoms with E-state index in [1.807, 2.05) is 0 Å². The Morgan fingerprint density at radius 3 is 2.71 bits per heavy atom. The van der Waals surface area contributed by atoms with E-state index in [1.165, 1.54) is 5.38 Å². The van der Waals surface area contributed by atoms with Gasteiger partial charge in [-0.15, -0.1) is 11.3 Å². The van der Waals surface area contributed by atoms with Gasteiger partial charge in [-0.2, -0.15) is 0 Å². The number of aromatic nitrogens is 1. The van der Waals surface area contributed by atoms with Crippen LogP contribution >= 0.6 is 11.3 Å². The number of nitrogens with two attached hydrogens (primary N) is 1. The van der Waals surface area contributed by atoms with Crippen LogP contribution in [0.4, 0.5) is 0 Å². The SMILES string of the molecule is NS(=O)(=O)c1nc(CCC(=O)O)cs1. The van der Waals surface area contributed by atoms with Crippen LogP contribution in [0.2, 0.25) is 0 Å². The number of aryl methyl sites for hydroxylation is 1. The fourth-order valence-electron chi connectivity index (χ4n) is 0.769. The van der Waals surface area contributed by atoms with Crippen LogP contribution in [-0.2, 0) is 21.2 Å². The molecule has 8 heteroatoms. The molecular weight excluding hydrogens is 228 g/mol. The lowest BCUT2D eigenvalue weighted by Crippen LogP contribution is -2.11. The first-order valence-electron chi connectivity index (χ1n) is 3.58. The molecule has 3 N–H and O–H groups in total. The number of carbonyl (C=O) groups is 1. The van der Waals surface area contributed by atoms with E-state index in [9.17, 15) is 13.2 Å². The molecule has 0 aromatic carbocycles. The highest BCUT2D eigenvalue weighted by Gasteiger charge is 2.13. The zero-order chi connectivity index (χ0) is 10.8. The monoisotopic (exact) mass is 236 g/mol. The highest BCUT2D eigenvalue weighted by molar-refractivity contribution is 7.91. The van der Waals surface area contributed by atoms with Gasteiger partial charge in [0.2, 0.25) is 4.34 Å². The van der Waals surface area contributed by atoms with Crippen molar-refractivity contribution < 1.29 is 18.3 Å². The Balaban J connectivity index is 2.74. The van der Waals surface area contributed by atoms with E-state index in [0.29, 0.717) is 5.69 Å². The third kappa shape index (κ3) is 3.05. The van der Waals surface area contributed by atoms with Gasteiger partial charge in [-0.1, -0.05) is 0 Å². The lowest BCUT2D eigenvalue weighted by molar-refractivity contribution is -0.136. The van der Waals surface area contributed by atoms with Gasteiger partial charge in [0, 0.05) is 11.8 Å². The van der Waals surface area contributed by atoms with Gasteiger partial charge in [0.25, 0.3) is 10.0 Å². The highest BCUT2D eigenvalue weighted by Crippen LogP contribution is 2.14. The van der Waals surface area contributed by atoms with E-state index < -0.39 is 16.0 Å². The Labute approximate surface area is 84.4 Å². The minimum Gasteiger partial charge on any atom is -0.481 e. The van der Waals surface area contributed by atoms with Crippen LogP contribution in [-0.4, -0.2) is 24.5 Å². The first-order valence-corrected chi connectivity index (χ1v) is 6.01. The van der Waals surface area contributed by atoms with Crippen LogP contribution in [0.25, 0.3) is 0 Å². The van der Waals surface area contributed by atoms with Crippen molar-refractivity contribution in [3.8, 4) is 0 Å². The van der Waals surface area contributed by atoms with Crippen LogP contribution in [0.15, 0.2) is 9.72 Å². The maximum atomic E-state index is 10.8. The molecule has 1 rings (SSSR count). The first-order chi connectivity index (χ1) is 6.39. The summed E-state index contributed by atoms with van der Waals surface area (Å²) in [5, 5.41) is 14.7. The minimum atomic E-state index is -3.76. The Kier molecular flexibility index (Phi) is 3.19. The van der Waals surface area contributed by atoms with Crippen molar-refractivity contribution in [3.63, 3.8) is 0 Å². The number of carboxylic acids is 1. The largest absolute Gasteiger partial charge is 0.481 e. The lowest BCUT2D eigenvalue weighted by Gasteiger charge is -1.91. The summed E-state index contributed by atoms with van der Waals surface area (Å²) < 4.78 is 21.4. The van der Waals surface area contributed by atoms with E-state index in [-0.39, 0.29) is 17.2 Å². The second-order valence-electron chi connectivity index (χ2n) is 2.54. The molecule has 0 unspecified atom stereocenters. The molecule has 1 aromatic rings. The molecule has 0 radical (unpaired) electrons. The fourth-order valence-corrected chi connectivity index (χ4v) is 2.27. The minimum absolute atomic E-state index is 0.0756. The number of carboxylic acid groups (broad SMARTS) is 1. The zero-order valence-electron chi connectivity index (χ0n) is 7.00. The van der Waals surface area contributed by atoms with Crippen molar-refractivity contribution in [3.05, 3.63) is 11.1 Å². The second kappa shape index (κ2) is 4.03. The van der Waals surface area contributed by atoms with Crippen LogP contribution in [0, 0.1) is 0 Å². The van der Waals surface area contributed by atoms with Gasteiger partial charge in [0.1, 0.15) is 0 Å². The molecule has 0 aliphatic rings. The summed E-state index contributed by atoms with van der Waals surface area (Å²) in [4.78, 5) is 13.9. The van der Waals surface area contributed by atoms with Gasteiger partial charge >= 0.3 is 5.97 Å². The van der Waals surface area contributed by atoms with Crippen molar-refractivity contribution in [1.82, 2.24) is 4.98 Å². The Morgan fingerprint density at radius 1 is 1.64 bits per heavy atom. The lowest BCUT2D eigenvalue weighted by atomic mass is 10.3. The summed E-state index contributed by atoms with van der Waals surface area (Å²) in [7, 11) is -3.76. The van der Waals surface area contributed by atoms with Gasteiger partial charge in [-0.3, -0.25) is 4.79 Å². The molecule has 0 amide bonds. The molecule has 0 saturated heterocycles. The van der Waals surface area contributed by atoms with E-state index in [2.05, 4.69) is 4.98 Å². The van der Waals surface area contributed by atoms with Gasteiger partial charge in [-0.25, -0.2) is 18.5 Å². The van der Waals surface area contributed by atoms with E-state index in [4.69, 9.17) is 10.2 Å². The molecule has 0 fully saturated rings. The quantitative estimate of drug-likeness (QED) is 0.752. The molecule has 14 heavy (non-hydrogen) atoms. The molecule has 1 aromatic heterocycles. The molecule has 0 aliphatic heterocycles. The van der Waals surface area contributed by atoms with Crippen LogP contribution < -0.4 is 5.14 Å². The number of primary sulfonamides is 1. The molecule has 1 heterocycles. The first kappa shape index (κ1) is 11.1. The van der Waals surface area contributed by atoms with Crippen LogP contribution in [0.1, 0.15) is 12.1 Å². The molecule has 0 saturated carbocycles. The third-order valence-corrected chi connectivity index (χ3v) is 3.62. The Bertz CT molecular complexity index is 436. The van der Waals surface area contributed by atoms with Crippen LogP contribution in [0.5, 0.6) is 0 Å². The van der Waals surface area contributed by atoms with Crippen molar-refractivity contribution in [2.24, 2.45) is 5.14 Å². The fraction of sp³-hybridized carbons (Fsp3) is 0.333. The molecule has 6 nitrogen and oxygen atoms in total. The van der Waals surface area contributed by atoms with Gasteiger partial charge in [0.15, 0.2) is 0 Å². The highest BCUT2D eigenvalue weighted by atomic mass is 32.2. The van der Waals surface area contributed by atoms with Crippen molar-refractivity contribution in [2.45, 2.75) is 17.2 Å². The molecule has 0 bridgehead atoms. The normalized spacial score (nSPS) is 11.5. The van der Waals surface area contributed by atoms with Crippen molar-refractivity contribution >= 4 is 27.3 Å². The standard InChI is InChI=1S/C6H8N2O4S2/c7-14(11,12)6-8-4(3-13-6)1-2-5(9)10/h3H,1-2H2,(H,9,10)(H2,7,11,12). The smallest absolute Gasteiger partial charge is 0.303 e. The molecule has 0 atom stereocenters. The molecular formula is C6H8N2O4S2. The van der Waals surface area contributed by atoms with E-state index >= 15 is 0 Å². The van der Waals surface area contributed by atoms with E-state index in [1.54, 1.807) is 0 Å². The number of thiazole rings is 1. The molecule has 0 aliphatic carbocycles. The average Bonchev–Trinajstić information content (AvgIpc) is 2.47. The zero-order valence-corrected chi connectivity index (χ0v) is 8.64. The van der Waals surface area contributed by atoms with E-state index in [0.717, 1.165) is 11.3 Å². The Morgan fingerprint density at radius 2 is 2.29 bits per heavy atom. The summed E-state index contributed by atoms with van der Waals surface area (Å²) in [6.45, 7) is 0. The number of hydrogen-bond acceptors (Lipinski definition) is 5. The summed E-state index contributed by atoms with van der Waals surface area (Å²) in [5.74, 6) is -0.949. The predicted octanol–water partition coefficient (Wildman–Crippen LogP) is -0.192. The molecule has 78 valence electrons. The summed E-state index contributed by atoms with van der Waals surface area (Å²) in [6, 6.07) is 0. The maximum Gasteiger partial charge on any atom is 0.303 e. The van der Waals surface area contributed by atoms with Crippen molar-refractivity contribution in [1.29, 1.82) is 0 Å². The number of rotatable bonds is 4. The predicted molar refractivity (Wildman–Crippen MR) is 49.4 cm³/mol. The van der Waals surface area contributed by atoms with Gasteiger partial charge < -0.3 is 5.11 Å². The number of hydrogen-bond donors (Lipinski definition) is 2. The van der Waals surface area contributed by atoms with Gasteiger partial charge in [0.05, 0.1) is 12.1 Å². The van der Waals surface area contributed by atoms with Crippen LogP contribution in [0.3, 0.4) is 0 Å². The number of nitrogens with zero attached hydrogens (tertiary/aromatic N) is 1.